The average molecular weight is 450 g/mol. The first kappa shape index (κ1) is 21.9. The van der Waals surface area contributed by atoms with Crippen molar-refractivity contribution >= 4 is 27.3 Å². The van der Waals surface area contributed by atoms with Gasteiger partial charge in [-0.15, -0.1) is 0 Å². The van der Waals surface area contributed by atoms with E-state index < -0.39 is 15.8 Å². The van der Waals surface area contributed by atoms with Crippen molar-refractivity contribution in [3.05, 3.63) is 76.6 Å². The topological polar surface area (TPSA) is 86.6 Å². The predicted molar refractivity (Wildman–Crippen MR) is 117 cm³/mol. The van der Waals surface area contributed by atoms with Crippen LogP contribution in [-0.2, 0) is 15.8 Å². The molecule has 3 aromatic carbocycles. The van der Waals surface area contributed by atoms with Crippen molar-refractivity contribution in [1.29, 1.82) is 0 Å². The molecule has 0 saturated heterocycles. The fourth-order valence-electron chi connectivity index (χ4n) is 3.11. The van der Waals surface area contributed by atoms with E-state index in [0.717, 1.165) is 6.07 Å². The number of phenols is 2. The lowest BCUT2D eigenvalue weighted by atomic mass is 9.95. The molecule has 0 spiro atoms. The van der Waals surface area contributed by atoms with Crippen LogP contribution in [0.5, 0.6) is 11.5 Å². The SMILES string of the molecule is CC(C)c1cc(-c2ccc(F)cc2NS(=O)(=O)Cc2ccc(Cl)cc2)c(O)cc1O. The largest absolute Gasteiger partial charge is 0.508 e. The number of rotatable bonds is 6. The van der Waals surface area contributed by atoms with Gasteiger partial charge in [0.1, 0.15) is 17.3 Å². The van der Waals surface area contributed by atoms with Gasteiger partial charge >= 0.3 is 0 Å². The summed E-state index contributed by atoms with van der Waals surface area (Å²) in [5.41, 5.74) is 1.64. The smallest absolute Gasteiger partial charge is 0.236 e. The maximum Gasteiger partial charge on any atom is 0.236 e. The van der Waals surface area contributed by atoms with E-state index in [9.17, 15) is 23.0 Å². The van der Waals surface area contributed by atoms with Crippen LogP contribution in [0.1, 0.15) is 30.9 Å². The molecule has 8 heteroatoms. The molecule has 3 aromatic rings. The second-order valence-corrected chi connectivity index (χ2v) is 9.42. The Hall–Kier alpha value is -2.77. The van der Waals surface area contributed by atoms with E-state index in [1.165, 1.54) is 18.2 Å². The molecule has 0 unspecified atom stereocenters. The lowest BCUT2D eigenvalue weighted by Gasteiger charge is -2.17. The first-order valence-corrected chi connectivity index (χ1v) is 11.2. The van der Waals surface area contributed by atoms with Crippen molar-refractivity contribution in [1.82, 2.24) is 0 Å². The molecular formula is C22H21ClFNO4S. The van der Waals surface area contributed by atoms with Crippen LogP contribution in [-0.4, -0.2) is 18.6 Å². The molecule has 0 aliphatic heterocycles. The highest BCUT2D eigenvalue weighted by molar-refractivity contribution is 7.91. The summed E-state index contributed by atoms with van der Waals surface area (Å²) in [6.07, 6.45) is 0. The van der Waals surface area contributed by atoms with E-state index in [-0.39, 0.29) is 40.0 Å². The third-order valence-corrected chi connectivity index (χ3v) is 6.07. The molecule has 0 fully saturated rings. The number of anilines is 1. The standard InChI is InChI=1S/C22H21ClFNO4S/c1-13(2)18-10-19(22(27)11-21(18)26)17-8-7-16(24)9-20(17)25-30(28,29)12-14-3-5-15(23)6-4-14/h3-11,13,25-27H,12H2,1-2H3. The molecule has 0 aliphatic rings. The molecule has 5 nitrogen and oxygen atoms in total. The van der Waals surface area contributed by atoms with Gasteiger partial charge in [0.25, 0.3) is 0 Å². The van der Waals surface area contributed by atoms with Crippen LogP contribution in [0, 0.1) is 5.82 Å². The van der Waals surface area contributed by atoms with Gasteiger partial charge in [-0.1, -0.05) is 37.6 Å². The van der Waals surface area contributed by atoms with Gasteiger partial charge in [-0.05, 0) is 53.4 Å². The Balaban J connectivity index is 2.02. The Kier molecular flexibility index (Phi) is 6.24. The summed E-state index contributed by atoms with van der Waals surface area (Å²) >= 11 is 5.83. The zero-order chi connectivity index (χ0) is 22.1. The summed E-state index contributed by atoms with van der Waals surface area (Å²) in [5.74, 6) is -1.33. The molecule has 158 valence electrons. The van der Waals surface area contributed by atoms with E-state index in [2.05, 4.69) is 4.72 Å². The van der Waals surface area contributed by atoms with Crippen molar-refractivity contribution in [3.63, 3.8) is 0 Å². The molecular weight excluding hydrogens is 429 g/mol. The normalized spacial score (nSPS) is 11.6. The second-order valence-electron chi connectivity index (χ2n) is 7.26. The zero-order valence-electron chi connectivity index (χ0n) is 16.4. The third-order valence-electron chi connectivity index (χ3n) is 4.57. The summed E-state index contributed by atoms with van der Waals surface area (Å²) in [5, 5.41) is 20.9. The second kappa shape index (κ2) is 8.53. The summed E-state index contributed by atoms with van der Waals surface area (Å²) in [4.78, 5) is 0. The van der Waals surface area contributed by atoms with Gasteiger partial charge < -0.3 is 10.2 Å². The Labute approximate surface area is 179 Å². The lowest BCUT2D eigenvalue weighted by molar-refractivity contribution is 0.445. The van der Waals surface area contributed by atoms with E-state index >= 15 is 0 Å². The minimum atomic E-state index is -3.89. The van der Waals surface area contributed by atoms with Crippen molar-refractivity contribution in [2.75, 3.05) is 4.72 Å². The quantitative estimate of drug-likeness (QED) is 0.455. The first-order chi connectivity index (χ1) is 14.1. The van der Waals surface area contributed by atoms with Gasteiger partial charge in [-0.3, -0.25) is 4.72 Å². The number of phenolic OH excluding ortho intramolecular Hbond substituents is 2. The molecule has 0 bridgehead atoms. The third kappa shape index (κ3) is 5.04. The fourth-order valence-corrected chi connectivity index (χ4v) is 4.44. The van der Waals surface area contributed by atoms with Crippen LogP contribution in [0.4, 0.5) is 10.1 Å². The number of nitrogens with one attached hydrogen (secondary N) is 1. The van der Waals surface area contributed by atoms with E-state index in [4.69, 9.17) is 11.6 Å². The maximum atomic E-state index is 13.9. The highest BCUT2D eigenvalue weighted by Gasteiger charge is 2.19. The summed E-state index contributed by atoms with van der Waals surface area (Å²) in [7, 11) is -3.89. The number of aromatic hydroxyl groups is 2. The van der Waals surface area contributed by atoms with Gasteiger partial charge in [0.05, 0.1) is 11.4 Å². The van der Waals surface area contributed by atoms with E-state index in [0.29, 0.717) is 16.1 Å². The fraction of sp³-hybridized carbons (Fsp3) is 0.182. The predicted octanol–water partition coefficient (Wildman–Crippen LogP) is 5.62. The highest BCUT2D eigenvalue weighted by atomic mass is 35.5. The van der Waals surface area contributed by atoms with Crippen molar-refractivity contribution < 1.29 is 23.0 Å². The van der Waals surface area contributed by atoms with Crippen molar-refractivity contribution in [2.45, 2.75) is 25.5 Å². The van der Waals surface area contributed by atoms with Crippen LogP contribution in [0.25, 0.3) is 11.1 Å². The zero-order valence-corrected chi connectivity index (χ0v) is 17.9. The molecule has 0 saturated carbocycles. The number of hydrogen-bond acceptors (Lipinski definition) is 4. The molecule has 0 atom stereocenters. The average Bonchev–Trinajstić information content (AvgIpc) is 2.64. The minimum absolute atomic E-state index is 0.0142. The molecule has 0 aromatic heterocycles. The number of hydrogen-bond donors (Lipinski definition) is 3. The Morgan fingerprint density at radius 1 is 0.967 bits per heavy atom. The summed E-state index contributed by atoms with van der Waals surface area (Å²) < 4.78 is 41.7. The van der Waals surface area contributed by atoms with Gasteiger partial charge in [0.15, 0.2) is 0 Å². The van der Waals surface area contributed by atoms with Crippen LogP contribution >= 0.6 is 11.6 Å². The monoisotopic (exact) mass is 449 g/mol. The van der Waals surface area contributed by atoms with Crippen LogP contribution in [0.15, 0.2) is 54.6 Å². The van der Waals surface area contributed by atoms with E-state index in [1.807, 2.05) is 13.8 Å². The molecule has 3 rings (SSSR count). The van der Waals surface area contributed by atoms with Crippen LogP contribution in [0.2, 0.25) is 5.02 Å². The Morgan fingerprint density at radius 2 is 1.63 bits per heavy atom. The molecule has 30 heavy (non-hydrogen) atoms. The molecule has 0 heterocycles. The number of benzene rings is 3. The van der Waals surface area contributed by atoms with Gasteiger partial charge in [-0.25, -0.2) is 12.8 Å². The maximum absolute atomic E-state index is 13.9. The minimum Gasteiger partial charge on any atom is -0.508 e. The highest BCUT2D eigenvalue weighted by Crippen LogP contribution is 2.41. The van der Waals surface area contributed by atoms with Crippen molar-refractivity contribution in [3.8, 4) is 22.6 Å². The van der Waals surface area contributed by atoms with Crippen LogP contribution in [0.3, 0.4) is 0 Å². The number of sulfonamides is 1. The lowest BCUT2D eigenvalue weighted by Crippen LogP contribution is -2.16. The molecule has 0 aliphatic carbocycles. The molecule has 0 radical (unpaired) electrons. The molecule has 0 amide bonds. The van der Waals surface area contributed by atoms with Gasteiger partial charge in [0, 0.05) is 22.2 Å². The van der Waals surface area contributed by atoms with Gasteiger partial charge in [-0.2, -0.15) is 0 Å². The van der Waals surface area contributed by atoms with Gasteiger partial charge in [0.2, 0.25) is 10.0 Å². The summed E-state index contributed by atoms with van der Waals surface area (Å²) in [6.45, 7) is 3.74. The Morgan fingerprint density at radius 3 is 2.27 bits per heavy atom. The van der Waals surface area contributed by atoms with Crippen molar-refractivity contribution in [2.24, 2.45) is 0 Å². The summed E-state index contributed by atoms with van der Waals surface area (Å²) in [6, 6.07) is 12.7. The number of halogens is 2. The first-order valence-electron chi connectivity index (χ1n) is 9.16. The molecule has 3 N–H and O–H groups in total. The van der Waals surface area contributed by atoms with E-state index in [1.54, 1.807) is 30.3 Å². The Bertz CT molecular complexity index is 1180. The van der Waals surface area contributed by atoms with Crippen LogP contribution < -0.4 is 4.72 Å².